The Morgan fingerprint density at radius 1 is 1.32 bits per heavy atom. The Hall–Kier alpha value is -2.12. The number of nitrogen functional groups attached to an aromatic ring is 1. The minimum Gasteiger partial charge on any atom is -0.369 e. The zero-order valence-corrected chi connectivity index (χ0v) is 13.2. The van der Waals surface area contributed by atoms with E-state index >= 15 is 0 Å². The van der Waals surface area contributed by atoms with Crippen LogP contribution in [0.5, 0.6) is 0 Å². The van der Waals surface area contributed by atoms with Gasteiger partial charge in [0.1, 0.15) is 0 Å². The van der Waals surface area contributed by atoms with Gasteiger partial charge in [-0.25, -0.2) is 4.98 Å². The molecule has 1 aromatic carbocycles. The van der Waals surface area contributed by atoms with Gasteiger partial charge in [0, 0.05) is 11.3 Å². The molecule has 0 bridgehead atoms. The van der Waals surface area contributed by atoms with Gasteiger partial charge in [-0.15, -0.1) is 11.3 Å². The van der Waals surface area contributed by atoms with Crippen LogP contribution in [0, 0.1) is 0 Å². The molecule has 2 N–H and O–H groups in total. The van der Waals surface area contributed by atoms with Gasteiger partial charge in [-0.1, -0.05) is 17.8 Å². The fourth-order valence-electron chi connectivity index (χ4n) is 2.45. The largest absolute Gasteiger partial charge is 0.369 e. The van der Waals surface area contributed by atoms with E-state index in [0.717, 1.165) is 33.4 Å². The molecule has 0 saturated carbocycles. The minimum absolute atomic E-state index is 0.0178. The number of thioether (sulfide) groups is 1. The van der Waals surface area contributed by atoms with E-state index in [4.69, 9.17) is 5.73 Å². The van der Waals surface area contributed by atoms with Gasteiger partial charge >= 0.3 is 0 Å². The molecule has 0 atom stereocenters. The zero-order chi connectivity index (χ0) is 15.1. The molecule has 1 aliphatic rings. The SMILES string of the molecule is Nc1nc2ccc(C(=O)c3cccs3)cc2n1C1=NCCS1. The van der Waals surface area contributed by atoms with Crippen LogP contribution in [0.15, 0.2) is 40.7 Å². The average molecular weight is 328 g/mol. The molecule has 0 radical (unpaired) electrons. The molecule has 0 spiro atoms. The Kier molecular flexibility index (Phi) is 3.24. The first kappa shape index (κ1) is 13.5. The summed E-state index contributed by atoms with van der Waals surface area (Å²) in [4.78, 5) is 22.0. The van der Waals surface area contributed by atoms with Crippen molar-refractivity contribution in [2.75, 3.05) is 18.0 Å². The third-order valence-electron chi connectivity index (χ3n) is 3.45. The van der Waals surface area contributed by atoms with Crippen molar-refractivity contribution < 1.29 is 4.79 Å². The number of carbonyl (C=O) groups excluding carboxylic acids is 1. The standard InChI is InChI=1S/C15H12N4OS2/c16-14-18-10-4-3-9(13(20)12-2-1-6-21-12)8-11(10)19(14)15-17-5-7-22-15/h1-4,6,8H,5,7H2,(H2,16,18). The Balaban J connectivity index is 1.86. The summed E-state index contributed by atoms with van der Waals surface area (Å²) < 4.78 is 1.83. The number of carbonyl (C=O) groups is 1. The van der Waals surface area contributed by atoms with E-state index < -0.39 is 0 Å². The molecule has 110 valence electrons. The summed E-state index contributed by atoms with van der Waals surface area (Å²) in [6.07, 6.45) is 0. The number of anilines is 1. The number of imidazole rings is 1. The van der Waals surface area contributed by atoms with E-state index in [1.54, 1.807) is 17.8 Å². The van der Waals surface area contributed by atoms with Crippen LogP contribution in [0.3, 0.4) is 0 Å². The molecule has 4 rings (SSSR count). The fourth-order valence-corrected chi connectivity index (χ4v) is 4.00. The summed E-state index contributed by atoms with van der Waals surface area (Å²) in [6.45, 7) is 0.785. The van der Waals surface area contributed by atoms with Crippen LogP contribution in [-0.2, 0) is 0 Å². The van der Waals surface area contributed by atoms with E-state index in [2.05, 4.69) is 9.98 Å². The van der Waals surface area contributed by atoms with E-state index in [1.807, 2.05) is 34.2 Å². The van der Waals surface area contributed by atoms with Gasteiger partial charge in [-0.2, -0.15) is 0 Å². The van der Waals surface area contributed by atoms with Crippen molar-refractivity contribution in [1.82, 2.24) is 9.55 Å². The lowest BCUT2D eigenvalue weighted by Gasteiger charge is -2.05. The second-order valence-corrected chi connectivity index (χ2v) is 6.84. The molecule has 0 fully saturated rings. The maximum Gasteiger partial charge on any atom is 0.207 e. The first-order valence-corrected chi connectivity index (χ1v) is 8.64. The van der Waals surface area contributed by atoms with E-state index in [-0.39, 0.29) is 5.78 Å². The summed E-state index contributed by atoms with van der Waals surface area (Å²) >= 11 is 3.09. The topological polar surface area (TPSA) is 73.3 Å². The van der Waals surface area contributed by atoms with Crippen LogP contribution < -0.4 is 5.73 Å². The molecular formula is C15H12N4OS2. The van der Waals surface area contributed by atoms with Crippen LogP contribution in [0.1, 0.15) is 15.2 Å². The number of nitrogens with zero attached hydrogens (tertiary/aromatic N) is 3. The Labute approximate surface area is 134 Å². The summed E-state index contributed by atoms with van der Waals surface area (Å²) in [5.74, 6) is 1.37. The molecule has 0 saturated heterocycles. The van der Waals surface area contributed by atoms with Crippen molar-refractivity contribution in [3.05, 3.63) is 46.2 Å². The van der Waals surface area contributed by atoms with Crippen LogP contribution in [0.4, 0.5) is 5.95 Å². The Morgan fingerprint density at radius 2 is 2.23 bits per heavy atom. The van der Waals surface area contributed by atoms with Gasteiger partial charge in [0.05, 0.1) is 22.5 Å². The van der Waals surface area contributed by atoms with E-state index in [0.29, 0.717) is 11.5 Å². The van der Waals surface area contributed by atoms with Crippen LogP contribution in [-0.4, -0.2) is 32.8 Å². The lowest BCUT2D eigenvalue weighted by Crippen LogP contribution is -2.09. The summed E-state index contributed by atoms with van der Waals surface area (Å²) in [6, 6.07) is 9.19. The number of benzene rings is 1. The number of aromatic nitrogens is 2. The third-order valence-corrected chi connectivity index (χ3v) is 5.27. The normalized spacial score (nSPS) is 14.5. The molecule has 2 aromatic heterocycles. The predicted octanol–water partition coefficient (Wildman–Crippen LogP) is 2.86. The number of nitrogens with two attached hydrogens (primary N) is 1. The summed E-state index contributed by atoms with van der Waals surface area (Å²) in [5, 5.41) is 2.75. The number of thiophene rings is 1. The maximum absolute atomic E-state index is 12.5. The monoisotopic (exact) mass is 328 g/mol. The molecule has 0 unspecified atom stereocenters. The number of rotatable bonds is 2. The average Bonchev–Trinajstić information content (AvgIpc) is 3.25. The Morgan fingerprint density at radius 3 is 2.95 bits per heavy atom. The van der Waals surface area contributed by atoms with Crippen molar-refractivity contribution in [2.24, 2.45) is 4.99 Å². The van der Waals surface area contributed by atoms with Gasteiger partial charge < -0.3 is 5.73 Å². The number of hydrogen-bond donors (Lipinski definition) is 1. The molecule has 22 heavy (non-hydrogen) atoms. The number of hydrogen-bond acceptors (Lipinski definition) is 6. The van der Waals surface area contributed by atoms with E-state index in [1.165, 1.54) is 11.3 Å². The smallest absolute Gasteiger partial charge is 0.207 e. The van der Waals surface area contributed by atoms with Crippen molar-refractivity contribution in [2.45, 2.75) is 0 Å². The lowest BCUT2D eigenvalue weighted by molar-refractivity contribution is 0.104. The maximum atomic E-state index is 12.5. The molecular weight excluding hydrogens is 316 g/mol. The molecule has 3 aromatic rings. The van der Waals surface area contributed by atoms with E-state index in [9.17, 15) is 4.79 Å². The summed E-state index contributed by atoms with van der Waals surface area (Å²) in [7, 11) is 0. The highest BCUT2D eigenvalue weighted by Crippen LogP contribution is 2.26. The van der Waals surface area contributed by atoms with Gasteiger partial charge in [0.25, 0.3) is 0 Å². The van der Waals surface area contributed by atoms with Crippen molar-refractivity contribution in [3.63, 3.8) is 0 Å². The van der Waals surface area contributed by atoms with Crippen LogP contribution in [0.2, 0.25) is 0 Å². The first-order valence-electron chi connectivity index (χ1n) is 6.78. The van der Waals surface area contributed by atoms with Crippen LogP contribution in [0.25, 0.3) is 11.0 Å². The molecule has 0 amide bonds. The Bertz CT molecular complexity index is 896. The first-order chi connectivity index (χ1) is 10.7. The number of ketones is 1. The molecule has 1 aliphatic heterocycles. The molecule has 5 nitrogen and oxygen atoms in total. The second-order valence-electron chi connectivity index (χ2n) is 4.83. The van der Waals surface area contributed by atoms with Crippen molar-refractivity contribution in [1.29, 1.82) is 0 Å². The second kappa shape index (κ2) is 5.26. The van der Waals surface area contributed by atoms with Gasteiger partial charge in [-0.05, 0) is 29.6 Å². The molecule has 0 aliphatic carbocycles. The zero-order valence-electron chi connectivity index (χ0n) is 11.5. The quantitative estimate of drug-likeness (QED) is 0.734. The number of fused-ring (bicyclic) bond motifs is 1. The lowest BCUT2D eigenvalue weighted by atomic mass is 10.1. The highest BCUT2D eigenvalue weighted by atomic mass is 32.2. The molecule has 7 heteroatoms. The fraction of sp³-hybridized carbons (Fsp3) is 0.133. The highest BCUT2D eigenvalue weighted by molar-refractivity contribution is 8.14. The number of aliphatic imine (C=N–C) groups is 1. The van der Waals surface area contributed by atoms with Crippen molar-refractivity contribution in [3.8, 4) is 0 Å². The predicted molar refractivity (Wildman–Crippen MR) is 92.1 cm³/mol. The van der Waals surface area contributed by atoms with Gasteiger partial charge in [0.2, 0.25) is 11.7 Å². The minimum atomic E-state index is 0.0178. The summed E-state index contributed by atoms with van der Waals surface area (Å²) in [5.41, 5.74) is 8.27. The third kappa shape index (κ3) is 2.13. The van der Waals surface area contributed by atoms with Crippen LogP contribution >= 0.6 is 23.1 Å². The molecule has 3 heterocycles. The highest BCUT2D eigenvalue weighted by Gasteiger charge is 2.18. The van der Waals surface area contributed by atoms with Gasteiger partial charge in [-0.3, -0.25) is 14.4 Å². The van der Waals surface area contributed by atoms with Gasteiger partial charge in [0.15, 0.2) is 5.17 Å². The van der Waals surface area contributed by atoms with Crippen molar-refractivity contribution >= 4 is 51.0 Å².